The fourth-order valence-electron chi connectivity index (χ4n) is 4.40. The van der Waals surface area contributed by atoms with Gasteiger partial charge in [-0.25, -0.2) is 13.3 Å². The van der Waals surface area contributed by atoms with Crippen molar-refractivity contribution in [1.29, 1.82) is 0 Å². The summed E-state index contributed by atoms with van der Waals surface area (Å²) in [7, 11) is -2.50. The van der Waals surface area contributed by atoms with Crippen LogP contribution in [0.3, 0.4) is 0 Å². The molecule has 11 heteroatoms. The van der Waals surface area contributed by atoms with E-state index in [1.54, 1.807) is 36.4 Å². The molecule has 0 atom stereocenters. The largest absolute Gasteiger partial charge is 0.497 e. The molecule has 1 fully saturated rings. The molecule has 216 valence electrons. The Balaban J connectivity index is 1.30. The highest BCUT2D eigenvalue weighted by atomic mass is 32.2. The molecule has 0 aliphatic carbocycles. The van der Waals surface area contributed by atoms with Crippen LogP contribution >= 0.6 is 0 Å². The van der Waals surface area contributed by atoms with Crippen LogP contribution in [0, 0.1) is 0 Å². The molecule has 5 rings (SSSR count). The van der Waals surface area contributed by atoms with Crippen LogP contribution in [0.2, 0.25) is 0 Å². The minimum absolute atomic E-state index is 0.0483. The zero-order chi connectivity index (χ0) is 30.7. The fourth-order valence-corrected chi connectivity index (χ4v) is 5.75. The van der Waals surface area contributed by atoms with E-state index in [4.69, 9.17) is 4.74 Å². The van der Waals surface area contributed by atoms with Crippen molar-refractivity contribution in [1.82, 2.24) is 0 Å². The number of carbonyl (C=O) groups is 4. The van der Waals surface area contributed by atoms with Crippen LogP contribution in [0.1, 0.15) is 27.1 Å². The highest BCUT2D eigenvalue weighted by Gasteiger charge is 2.33. The zero-order valence-corrected chi connectivity index (χ0v) is 23.7. The number of amides is 4. The van der Waals surface area contributed by atoms with Gasteiger partial charge in [-0.1, -0.05) is 18.7 Å². The average Bonchev–Trinajstić information content (AvgIpc) is 3.27. The Bertz CT molecular complexity index is 1880. The van der Waals surface area contributed by atoms with Gasteiger partial charge in [0.05, 0.1) is 29.0 Å². The Labute approximate surface area is 247 Å². The van der Waals surface area contributed by atoms with Crippen LogP contribution in [0.15, 0.2) is 119 Å². The summed E-state index contributed by atoms with van der Waals surface area (Å²) in [6.07, 6.45) is -0.0526. The van der Waals surface area contributed by atoms with Gasteiger partial charge in [0.15, 0.2) is 0 Å². The summed E-state index contributed by atoms with van der Waals surface area (Å²) < 4.78 is 32.0. The summed E-state index contributed by atoms with van der Waals surface area (Å²) in [5, 5.41) is 5.37. The van der Waals surface area contributed by atoms with Crippen molar-refractivity contribution >= 4 is 50.5 Å². The van der Waals surface area contributed by atoms with Crippen molar-refractivity contribution in [2.24, 2.45) is 0 Å². The molecule has 1 heterocycles. The molecule has 0 radical (unpaired) electrons. The second kappa shape index (κ2) is 11.7. The van der Waals surface area contributed by atoms with Crippen molar-refractivity contribution in [3.8, 4) is 5.75 Å². The quantitative estimate of drug-likeness (QED) is 0.219. The number of sulfone groups is 1. The number of nitrogens with zero attached hydrogens (tertiary/aromatic N) is 1. The summed E-state index contributed by atoms with van der Waals surface area (Å²) in [5.74, 6) is -1.21. The zero-order valence-electron chi connectivity index (χ0n) is 22.9. The minimum atomic E-state index is -4.02. The van der Waals surface area contributed by atoms with Gasteiger partial charge in [0, 0.05) is 28.1 Å². The highest BCUT2D eigenvalue weighted by molar-refractivity contribution is 7.91. The number of ether oxygens (including phenoxy) is 1. The van der Waals surface area contributed by atoms with Gasteiger partial charge in [-0.15, -0.1) is 0 Å². The molecule has 0 saturated carbocycles. The molecule has 2 N–H and O–H groups in total. The third-order valence-corrected chi connectivity index (χ3v) is 8.41. The van der Waals surface area contributed by atoms with Gasteiger partial charge in [0.2, 0.25) is 15.7 Å². The SMILES string of the molecule is C=C1CC(=O)N(c2ccc(C(=O)Nc3cccc(S(=O)(=O)c4cccc(NC(=O)c5ccc(OC)cc5)c4)c3)cc2)C1=O. The Morgan fingerprint density at radius 2 is 1.26 bits per heavy atom. The third-order valence-electron chi connectivity index (χ3n) is 6.66. The second-order valence-corrected chi connectivity index (χ2v) is 11.5. The molecule has 4 amide bonds. The summed E-state index contributed by atoms with van der Waals surface area (Å²) >= 11 is 0. The van der Waals surface area contributed by atoms with Gasteiger partial charge in [0.1, 0.15) is 5.75 Å². The van der Waals surface area contributed by atoms with Gasteiger partial charge in [-0.3, -0.25) is 19.2 Å². The molecular weight excluding hydrogens is 570 g/mol. The van der Waals surface area contributed by atoms with E-state index >= 15 is 0 Å². The van der Waals surface area contributed by atoms with Gasteiger partial charge >= 0.3 is 0 Å². The Hall–Kier alpha value is -5.55. The molecule has 0 unspecified atom stereocenters. The van der Waals surface area contributed by atoms with E-state index in [0.29, 0.717) is 17.0 Å². The minimum Gasteiger partial charge on any atom is -0.497 e. The summed E-state index contributed by atoms with van der Waals surface area (Å²) in [5.41, 5.74) is 1.65. The molecule has 1 aliphatic heterocycles. The number of benzene rings is 4. The van der Waals surface area contributed by atoms with Crippen LogP contribution in [-0.4, -0.2) is 39.2 Å². The van der Waals surface area contributed by atoms with Gasteiger partial charge in [-0.05, 0) is 84.9 Å². The number of nitrogens with one attached hydrogen (secondary N) is 2. The lowest BCUT2D eigenvalue weighted by Crippen LogP contribution is -2.28. The number of anilines is 3. The second-order valence-electron chi connectivity index (χ2n) is 9.56. The van der Waals surface area contributed by atoms with Gasteiger partial charge < -0.3 is 15.4 Å². The number of methoxy groups -OCH3 is 1. The standard InChI is InChI=1S/C32H25N3O7S/c1-20-17-29(36)35(32(20)39)25-13-9-21(10-14-25)30(37)33-23-5-3-7-27(18-23)43(40,41)28-8-4-6-24(19-28)34-31(38)22-11-15-26(42-2)16-12-22/h3-16,18-19H,1,17H2,2H3,(H,33,37)(H,34,38). The monoisotopic (exact) mass is 595 g/mol. The van der Waals surface area contributed by atoms with Crippen LogP contribution in [0.5, 0.6) is 5.75 Å². The van der Waals surface area contributed by atoms with Crippen molar-refractivity contribution in [3.05, 3.63) is 120 Å². The average molecular weight is 596 g/mol. The normalized spacial score (nSPS) is 13.1. The number of rotatable bonds is 8. The number of imide groups is 1. The maximum atomic E-state index is 13.5. The molecule has 0 spiro atoms. The molecule has 0 bridgehead atoms. The van der Waals surface area contributed by atoms with E-state index in [1.165, 1.54) is 67.8 Å². The van der Waals surface area contributed by atoms with Crippen LogP contribution in [0.4, 0.5) is 17.1 Å². The number of hydrogen-bond acceptors (Lipinski definition) is 7. The summed E-state index contributed by atoms with van der Waals surface area (Å²) in [6.45, 7) is 3.59. The molecule has 1 aliphatic rings. The van der Waals surface area contributed by atoms with E-state index in [-0.39, 0.29) is 38.7 Å². The topological polar surface area (TPSA) is 139 Å². The first-order chi connectivity index (χ1) is 20.6. The van der Waals surface area contributed by atoms with Crippen LogP contribution in [0.25, 0.3) is 0 Å². The first-order valence-corrected chi connectivity index (χ1v) is 14.4. The molecule has 1 saturated heterocycles. The third kappa shape index (κ3) is 6.07. The van der Waals surface area contributed by atoms with Crippen LogP contribution in [-0.2, 0) is 19.4 Å². The lowest BCUT2D eigenvalue weighted by molar-refractivity contribution is -0.120. The Morgan fingerprint density at radius 1 is 0.767 bits per heavy atom. The van der Waals surface area contributed by atoms with E-state index in [9.17, 15) is 27.6 Å². The molecule has 4 aromatic rings. The van der Waals surface area contributed by atoms with E-state index in [0.717, 1.165) is 4.90 Å². The van der Waals surface area contributed by atoms with Crippen LogP contribution < -0.4 is 20.3 Å². The van der Waals surface area contributed by atoms with E-state index in [2.05, 4.69) is 17.2 Å². The lowest BCUT2D eigenvalue weighted by atomic mass is 10.1. The predicted octanol–water partition coefficient (Wildman–Crippen LogP) is 4.85. The van der Waals surface area contributed by atoms with E-state index < -0.39 is 33.5 Å². The molecule has 43 heavy (non-hydrogen) atoms. The number of hydrogen-bond donors (Lipinski definition) is 2. The summed E-state index contributed by atoms with van der Waals surface area (Å²) in [4.78, 5) is 50.7. The maximum absolute atomic E-state index is 13.5. The maximum Gasteiger partial charge on any atom is 0.260 e. The molecule has 10 nitrogen and oxygen atoms in total. The van der Waals surface area contributed by atoms with Gasteiger partial charge in [0.25, 0.3) is 17.7 Å². The van der Waals surface area contributed by atoms with Crippen molar-refractivity contribution in [3.63, 3.8) is 0 Å². The predicted molar refractivity (Wildman–Crippen MR) is 160 cm³/mol. The molecular formula is C32H25N3O7S. The highest BCUT2D eigenvalue weighted by Crippen LogP contribution is 2.27. The molecule has 4 aromatic carbocycles. The summed E-state index contributed by atoms with van der Waals surface area (Å²) in [6, 6.07) is 24.0. The first-order valence-electron chi connectivity index (χ1n) is 12.9. The lowest BCUT2D eigenvalue weighted by Gasteiger charge is -2.14. The first kappa shape index (κ1) is 29.0. The van der Waals surface area contributed by atoms with Gasteiger partial charge in [-0.2, -0.15) is 0 Å². The fraction of sp³-hybridized carbons (Fsp3) is 0.0625. The Kier molecular flexibility index (Phi) is 7.91. The van der Waals surface area contributed by atoms with Crippen molar-refractivity contribution in [2.75, 3.05) is 22.6 Å². The van der Waals surface area contributed by atoms with E-state index in [1.807, 2.05) is 0 Å². The Morgan fingerprint density at radius 3 is 1.70 bits per heavy atom. The number of carbonyl (C=O) groups excluding carboxylic acids is 4. The van der Waals surface area contributed by atoms with Crippen molar-refractivity contribution in [2.45, 2.75) is 16.2 Å². The smallest absolute Gasteiger partial charge is 0.260 e. The van der Waals surface area contributed by atoms with Crippen molar-refractivity contribution < 1.29 is 32.3 Å². The molecule has 0 aromatic heterocycles.